The predicted octanol–water partition coefficient (Wildman–Crippen LogP) is 2.27. The lowest BCUT2D eigenvalue weighted by atomic mass is 10.1. The molecule has 0 saturated heterocycles. The molecule has 0 fully saturated rings. The molecule has 0 bridgehead atoms. The molecular formula is C15H15NO4. The molecule has 0 unspecified atom stereocenters. The summed E-state index contributed by atoms with van der Waals surface area (Å²) in [5.41, 5.74) is 0.829. The molecule has 2 rings (SSSR count). The van der Waals surface area contributed by atoms with Gasteiger partial charge in [-0.25, -0.2) is 0 Å². The Morgan fingerprint density at radius 1 is 1.35 bits per heavy atom. The normalized spacial score (nSPS) is 10.1. The second-order valence-electron chi connectivity index (χ2n) is 4.18. The van der Waals surface area contributed by atoms with E-state index in [-0.39, 0.29) is 11.7 Å². The Labute approximate surface area is 116 Å². The van der Waals surface area contributed by atoms with Crippen LogP contribution in [0.5, 0.6) is 5.75 Å². The van der Waals surface area contributed by atoms with Crippen molar-refractivity contribution in [3.63, 3.8) is 0 Å². The maximum Gasteiger partial charge on any atom is 0.216 e. The Morgan fingerprint density at radius 3 is 2.90 bits per heavy atom. The first-order valence-corrected chi connectivity index (χ1v) is 6.22. The van der Waals surface area contributed by atoms with Crippen LogP contribution in [-0.2, 0) is 4.79 Å². The largest absolute Gasteiger partial charge is 0.492 e. The fourth-order valence-corrected chi connectivity index (χ4v) is 1.71. The van der Waals surface area contributed by atoms with Crippen LogP contribution >= 0.6 is 0 Å². The zero-order chi connectivity index (χ0) is 14.4. The van der Waals surface area contributed by atoms with Gasteiger partial charge >= 0.3 is 0 Å². The van der Waals surface area contributed by atoms with Crippen LogP contribution in [-0.4, -0.2) is 25.3 Å². The number of carbonyl (C=O) groups excluding carboxylic acids is 2. The molecule has 1 aromatic carbocycles. The molecule has 5 heteroatoms. The highest BCUT2D eigenvalue weighted by molar-refractivity contribution is 5.73. The summed E-state index contributed by atoms with van der Waals surface area (Å²) >= 11 is 0. The van der Waals surface area contributed by atoms with Gasteiger partial charge in [0, 0.05) is 12.5 Å². The highest BCUT2D eigenvalue weighted by atomic mass is 16.5. The van der Waals surface area contributed by atoms with Crippen molar-refractivity contribution in [3.8, 4) is 17.1 Å². The van der Waals surface area contributed by atoms with Gasteiger partial charge in [0.25, 0.3) is 0 Å². The number of furan rings is 1. The third kappa shape index (κ3) is 3.71. The van der Waals surface area contributed by atoms with E-state index in [0.717, 1.165) is 5.56 Å². The average molecular weight is 273 g/mol. The molecular weight excluding hydrogens is 258 g/mol. The molecule has 104 valence electrons. The first-order chi connectivity index (χ1) is 9.69. The lowest BCUT2D eigenvalue weighted by molar-refractivity contribution is -0.119. The minimum Gasteiger partial charge on any atom is -0.492 e. The van der Waals surface area contributed by atoms with Gasteiger partial charge in [-0.15, -0.1) is 0 Å². The number of amides is 1. The monoisotopic (exact) mass is 273 g/mol. The molecule has 0 aliphatic rings. The Kier molecular flexibility index (Phi) is 4.55. The topological polar surface area (TPSA) is 68.5 Å². The van der Waals surface area contributed by atoms with Crippen molar-refractivity contribution in [2.45, 2.75) is 6.92 Å². The quantitative estimate of drug-likeness (QED) is 0.647. The van der Waals surface area contributed by atoms with Crippen molar-refractivity contribution in [1.82, 2.24) is 5.32 Å². The highest BCUT2D eigenvalue weighted by Gasteiger charge is 2.05. The molecule has 1 N–H and O–H groups in total. The smallest absolute Gasteiger partial charge is 0.216 e. The van der Waals surface area contributed by atoms with Gasteiger partial charge in [0.15, 0.2) is 12.0 Å². The van der Waals surface area contributed by atoms with Crippen molar-refractivity contribution in [3.05, 3.63) is 42.2 Å². The van der Waals surface area contributed by atoms with E-state index in [1.165, 1.54) is 6.92 Å². The summed E-state index contributed by atoms with van der Waals surface area (Å²) in [6, 6.07) is 10.7. The molecule has 0 aliphatic heterocycles. The second-order valence-corrected chi connectivity index (χ2v) is 4.18. The maximum atomic E-state index is 10.7. The zero-order valence-corrected chi connectivity index (χ0v) is 11.1. The number of benzene rings is 1. The molecule has 2 aromatic rings. The minimum absolute atomic E-state index is 0.0840. The van der Waals surface area contributed by atoms with E-state index < -0.39 is 0 Å². The van der Waals surface area contributed by atoms with Crippen molar-refractivity contribution in [1.29, 1.82) is 0 Å². The first-order valence-electron chi connectivity index (χ1n) is 6.22. The van der Waals surface area contributed by atoms with E-state index in [1.54, 1.807) is 12.1 Å². The van der Waals surface area contributed by atoms with Crippen LogP contribution in [0.3, 0.4) is 0 Å². The number of hydrogen-bond acceptors (Lipinski definition) is 4. The van der Waals surface area contributed by atoms with Crippen molar-refractivity contribution in [2.24, 2.45) is 0 Å². The Morgan fingerprint density at radius 2 is 2.20 bits per heavy atom. The first kappa shape index (κ1) is 13.9. The number of nitrogens with one attached hydrogen (secondary N) is 1. The Balaban J connectivity index is 2.00. The number of rotatable bonds is 6. The minimum atomic E-state index is -0.0840. The molecule has 20 heavy (non-hydrogen) atoms. The van der Waals surface area contributed by atoms with Crippen molar-refractivity contribution in [2.75, 3.05) is 13.2 Å². The van der Waals surface area contributed by atoms with Crippen molar-refractivity contribution >= 4 is 12.2 Å². The predicted molar refractivity (Wildman–Crippen MR) is 73.7 cm³/mol. The fraction of sp³-hybridized carbons (Fsp3) is 0.200. The summed E-state index contributed by atoms with van der Waals surface area (Å²) in [7, 11) is 0. The summed E-state index contributed by atoms with van der Waals surface area (Å²) in [6.07, 6.45) is 0.664. The van der Waals surface area contributed by atoms with E-state index in [0.29, 0.717) is 30.9 Å². The third-order valence-electron chi connectivity index (χ3n) is 2.61. The summed E-state index contributed by atoms with van der Waals surface area (Å²) in [6.45, 7) is 2.30. The molecule has 0 aliphatic carbocycles. The van der Waals surface area contributed by atoms with Gasteiger partial charge in [-0.05, 0) is 24.3 Å². The van der Waals surface area contributed by atoms with Crippen LogP contribution in [0.2, 0.25) is 0 Å². The number of carbonyl (C=O) groups is 2. The molecule has 1 aromatic heterocycles. The van der Waals surface area contributed by atoms with E-state index in [9.17, 15) is 9.59 Å². The Hall–Kier alpha value is -2.56. The molecule has 0 spiro atoms. The number of hydrogen-bond donors (Lipinski definition) is 1. The van der Waals surface area contributed by atoms with Gasteiger partial charge in [0.05, 0.1) is 6.54 Å². The fourth-order valence-electron chi connectivity index (χ4n) is 1.71. The van der Waals surface area contributed by atoms with Crippen LogP contribution in [0, 0.1) is 0 Å². The molecule has 5 nitrogen and oxygen atoms in total. The van der Waals surface area contributed by atoms with Gasteiger partial charge < -0.3 is 14.5 Å². The van der Waals surface area contributed by atoms with Gasteiger partial charge in [-0.2, -0.15) is 0 Å². The van der Waals surface area contributed by atoms with Crippen LogP contribution < -0.4 is 10.1 Å². The summed E-state index contributed by atoms with van der Waals surface area (Å²) in [5, 5.41) is 2.65. The van der Waals surface area contributed by atoms with Crippen LogP contribution in [0.25, 0.3) is 11.3 Å². The number of ether oxygens (including phenoxy) is 1. The lowest BCUT2D eigenvalue weighted by Gasteiger charge is -2.07. The lowest BCUT2D eigenvalue weighted by Crippen LogP contribution is -2.25. The molecule has 0 radical (unpaired) electrons. The van der Waals surface area contributed by atoms with Gasteiger partial charge in [0.1, 0.15) is 18.1 Å². The second kappa shape index (κ2) is 6.56. The van der Waals surface area contributed by atoms with Gasteiger partial charge in [-0.3, -0.25) is 9.59 Å². The van der Waals surface area contributed by atoms with Gasteiger partial charge in [-0.1, -0.05) is 12.1 Å². The van der Waals surface area contributed by atoms with E-state index in [2.05, 4.69) is 5.32 Å². The highest BCUT2D eigenvalue weighted by Crippen LogP contribution is 2.25. The molecule has 0 saturated carbocycles. The van der Waals surface area contributed by atoms with Crippen LogP contribution in [0.4, 0.5) is 0 Å². The van der Waals surface area contributed by atoms with Crippen LogP contribution in [0.15, 0.2) is 40.8 Å². The number of aldehydes is 1. The maximum absolute atomic E-state index is 10.7. The Bertz CT molecular complexity index is 603. The average Bonchev–Trinajstić information content (AvgIpc) is 2.93. The van der Waals surface area contributed by atoms with E-state index in [4.69, 9.17) is 9.15 Å². The van der Waals surface area contributed by atoms with Gasteiger partial charge in [0.2, 0.25) is 5.91 Å². The third-order valence-corrected chi connectivity index (χ3v) is 2.61. The zero-order valence-electron chi connectivity index (χ0n) is 11.1. The SMILES string of the molecule is CC(=O)NCCOc1cccc(-c2ccc(C=O)o2)c1. The summed E-state index contributed by atoms with van der Waals surface area (Å²) < 4.78 is 10.9. The summed E-state index contributed by atoms with van der Waals surface area (Å²) in [5.74, 6) is 1.49. The summed E-state index contributed by atoms with van der Waals surface area (Å²) in [4.78, 5) is 21.3. The van der Waals surface area contributed by atoms with Crippen molar-refractivity contribution < 1.29 is 18.7 Å². The standard InChI is InChI=1S/C15H15NO4/c1-11(18)16-7-8-19-13-4-2-3-12(9-13)15-6-5-14(10-17)20-15/h2-6,9-10H,7-8H2,1H3,(H,16,18). The molecule has 1 amide bonds. The van der Waals surface area contributed by atoms with E-state index in [1.807, 2.05) is 24.3 Å². The van der Waals surface area contributed by atoms with E-state index >= 15 is 0 Å². The molecule has 0 atom stereocenters. The van der Waals surface area contributed by atoms with Crippen LogP contribution in [0.1, 0.15) is 17.5 Å². The molecule has 1 heterocycles.